The van der Waals surface area contributed by atoms with E-state index in [0.717, 1.165) is 16.6 Å². The number of ether oxygens (including phenoxy) is 1. The Morgan fingerprint density at radius 3 is 2.29 bits per heavy atom. The van der Waals surface area contributed by atoms with Crippen LogP contribution in [0.1, 0.15) is 28.2 Å². The van der Waals surface area contributed by atoms with Crippen molar-refractivity contribution in [2.45, 2.75) is 26.2 Å². The molecule has 2 aromatic rings. The highest BCUT2D eigenvalue weighted by Crippen LogP contribution is 2.28. The molecule has 0 saturated carbocycles. The monoisotopic (exact) mass is 347 g/mol. The summed E-state index contributed by atoms with van der Waals surface area (Å²) in [6.07, 6.45) is 0.933. The van der Waals surface area contributed by atoms with Crippen LogP contribution in [0.3, 0.4) is 0 Å². The molecule has 0 bridgehead atoms. The van der Waals surface area contributed by atoms with E-state index in [9.17, 15) is 0 Å². The maximum absolute atomic E-state index is 6.01. The molecular formula is C18H22BrNO. The second-order valence-electron chi connectivity index (χ2n) is 5.53. The molecule has 0 aliphatic heterocycles. The first-order valence-electron chi connectivity index (χ1n) is 7.14. The van der Waals surface area contributed by atoms with Gasteiger partial charge in [-0.1, -0.05) is 35.4 Å². The van der Waals surface area contributed by atoms with Crippen molar-refractivity contribution < 1.29 is 4.74 Å². The minimum atomic E-state index is 0.337. The highest BCUT2D eigenvalue weighted by molar-refractivity contribution is 9.10. The predicted molar refractivity (Wildman–Crippen MR) is 92.1 cm³/mol. The van der Waals surface area contributed by atoms with Gasteiger partial charge in [0.05, 0.1) is 11.6 Å². The second-order valence-corrected chi connectivity index (χ2v) is 6.38. The number of nitrogens with two attached hydrogens (primary N) is 1. The topological polar surface area (TPSA) is 35.2 Å². The molecule has 0 amide bonds. The zero-order valence-electron chi connectivity index (χ0n) is 12.8. The quantitative estimate of drug-likeness (QED) is 0.871. The Bertz CT molecular complexity index is 604. The number of hydrogen-bond donors (Lipinski definition) is 1. The maximum Gasteiger partial charge on any atom is 0.133 e. The summed E-state index contributed by atoms with van der Waals surface area (Å²) in [4.78, 5) is 0. The highest BCUT2D eigenvalue weighted by atomic mass is 79.9. The molecular weight excluding hydrogens is 326 g/mol. The van der Waals surface area contributed by atoms with Crippen molar-refractivity contribution in [3.8, 4) is 5.75 Å². The first-order valence-corrected chi connectivity index (χ1v) is 7.93. The second kappa shape index (κ2) is 7.10. The molecule has 0 spiro atoms. The van der Waals surface area contributed by atoms with Gasteiger partial charge >= 0.3 is 0 Å². The first kappa shape index (κ1) is 16.1. The molecule has 112 valence electrons. The van der Waals surface area contributed by atoms with Crippen molar-refractivity contribution >= 4 is 15.9 Å². The summed E-state index contributed by atoms with van der Waals surface area (Å²) in [5, 5.41) is 0. The summed E-state index contributed by atoms with van der Waals surface area (Å²) < 4.78 is 6.26. The smallest absolute Gasteiger partial charge is 0.133 e. The summed E-state index contributed by atoms with van der Waals surface area (Å²) in [7, 11) is 1.68. The Kier molecular flexibility index (Phi) is 5.43. The summed E-state index contributed by atoms with van der Waals surface area (Å²) in [6, 6.07) is 12.9. The fraction of sp³-hybridized carbons (Fsp3) is 0.333. The molecule has 21 heavy (non-hydrogen) atoms. The maximum atomic E-state index is 6.01. The van der Waals surface area contributed by atoms with Gasteiger partial charge in [0, 0.05) is 5.92 Å². The summed E-state index contributed by atoms with van der Waals surface area (Å²) in [5.41, 5.74) is 11.2. The van der Waals surface area contributed by atoms with Gasteiger partial charge in [-0.3, -0.25) is 0 Å². The van der Waals surface area contributed by atoms with Gasteiger partial charge in [-0.25, -0.2) is 0 Å². The first-order chi connectivity index (χ1) is 10.0. The fourth-order valence-electron chi connectivity index (χ4n) is 2.70. The number of hydrogen-bond acceptors (Lipinski definition) is 2. The Hall–Kier alpha value is -1.32. The highest BCUT2D eigenvalue weighted by Gasteiger charge is 2.13. The Morgan fingerprint density at radius 1 is 1.10 bits per heavy atom. The lowest BCUT2D eigenvalue weighted by Gasteiger charge is -2.17. The van der Waals surface area contributed by atoms with E-state index in [1.54, 1.807) is 7.11 Å². The van der Waals surface area contributed by atoms with E-state index in [1.807, 2.05) is 6.07 Å². The third kappa shape index (κ3) is 4.08. The number of aryl methyl sites for hydroxylation is 2. The van der Waals surface area contributed by atoms with E-state index in [1.165, 1.54) is 22.3 Å². The van der Waals surface area contributed by atoms with Crippen molar-refractivity contribution in [3.05, 3.63) is 63.1 Å². The normalized spacial score (nSPS) is 12.2. The van der Waals surface area contributed by atoms with E-state index in [4.69, 9.17) is 10.5 Å². The zero-order chi connectivity index (χ0) is 15.4. The van der Waals surface area contributed by atoms with Crippen molar-refractivity contribution in [2.24, 2.45) is 5.73 Å². The molecule has 0 fully saturated rings. The number of benzene rings is 2. The predicted octanol–water partition coefficient (Wildman–Crippen LogP) is 4.36. The lowest BCUT2D eigenvalue weighted by molar-refractivity contribution is 0.412. The van der Waals surface area contributed by atoms with Crippen LogP contribution < -0.4 is 10.5 Å². The number of rotatable bonds is 5. The van der Waals surface area contributed by atoms with Crippen LogP contribution in [-0.4, -0.2) is 13.7 Å². The molecule has 1 atom stereocenters. The van der Waals surface area contributed by atoms with Crippen molar-refractivity contribution in [3.63, 3.8) is 0 Å². The molecule has 0 saturated heterocycles. The van der Waals surface area contributed by atoms with Crippen LogP contribution in [0, 0.1) is 13.8 Å². The van der Waals surface area contributed by atoms with Crippen molar-refractivity contribution in [1.82, 2.24) is 0 Å². The van der Waals surface area contributed by atoms with Gasteiger partial charge in [0.2, 0.25) is 0 Å². The third-order valence-electron chi connectivity index (χ3n) is 3.70. The molecule has 2 rings (SSSR count). The van der Waals surface area contributed by atoms with Crippen LogP contribution in [0.2, 0.25) is 0 Å². The summed E-state index contributed by atoms with van der Waals surface area (Å²) in [5.74, 6) is 1.19. The van der Waals surface area contributed by atoms with Gasteiger partial charge in [-0.15, -0.1) is 0 Å². The SMILES string of the molecule is COc1ccc(CC(CN)c2cc(C)cc(C)c2)cc1Br. The molecule has 0 radical (unpaired) electrons. The van der Waals surface area contributed by atoms with E-state index in [0.29, 0.717) is 12.5 Å². The van der Waals surface area contributed by atoms with E-state index >= 15 is 0 Å². The third-order valence-corrected chi connectivity index (χ3v) is 4.32. The molecule has 2 nitrogen and oxygen atoms in total. The van der Waals surface area contributed by atoms with Crippen LogP contribution in [0.15, 0.2) is 40.9 Å². The van der Waals surface area contributed by atoms with Crippen molar-refractivity contribution in [2.75, 3.05) is 13.7 Å². The van der Waals surface area contributed by atoms with Crippen LogP contribution in [0.25, 0.3) is 0 Å². The van der Waals surface area contributed by atoms with Crippen LogP contribution in [0.4, 0.5) is 0 Å². The van der Waals surface area contributed by atoms with Gasteiger partial charge in [0.15, 0.2) is 0 Å². The van der Waals surface area contributed by atoms with Gasteiger partial charge in [0.1, 0.15) is 5.75 Å². The van der Waals surface area contributed by atoms with Crippen molar-refractivity contribution in [1.29, 1.82) is 0 Å². The van der Waals surface area contributed by atoms with Crippen LogP contribution in [-0.2, 0) is 6.42 Å². The summed E-state index contributed by atoms with van der Waals surface area (Å²) in [6.45, 7) is 4.91. The minimum absolute atomic E-state index is 0.337. The number of halogens is 1. The zero-order valence-corrected chi connectivity index (χ0v) is 14.4. The average Bonchev–Trinajstić information content (AvgIpc) is 2.43. The Balaban J connectivity index is 2.24. The molecule has 2 N–H and O–H groups in total. The van der Waals surface area contributed by atoms with Gasteiger partial charge in [-0.2, -0.15) is 0 Å². The fourth-order valence-corrected chi connectivity index (χ4v) is 3.29. The molecule has 0 aromatic heterocycles. The van der Waals surface area contributed by atoms with Crippen LogP contribution in [0.5, 0.6) is 5.75 Å². The summed E-state index contributed by atoms with van der Waals surface area (Å²) >= 11 is 3.54. The molecule has 3 heteroatoms. The standard InChI is InChI=1S/C18H22BrNO/c1-12-6-13(2)8-15(7-12)16(11-20)9-14-4-5-18(21-3)17(19)10-14/h4-8,10,16H,9,11,20H2,1-3H3. The van der Waals surface area contributed by atoms with E-state index in [2.05, 4.69) is 60.1 Å². The minimum Gasteiger partial charge on any atom is -0.496 e. The van der Waals surface area contributed by atoms with Gasteiger partial charge < -0.3 is 10.5 Å². The molecule has 1 unspecified atom stereocenters. The Morgan fingerprint density at radius 2 is 1.76 bits per heavy atom. The van der Waals surface area contributed by atoms with Crippen LogP contribution >= 0.6 is 15.9 Å². The molecule has 0 aliphatic rings. The lowest BCUT2D eigenvalue weighted by atomic mass is 9.90. The lowest BCUT2D eigenvalue weighted by Crippen LogP contribution is -2.15. The van der Waals surface area contributed by atoms with E-state index < -0.39 is 0 Å². The molecule has 0 heterocycles. The Labute approximate surface area is 135 Å². The van der Waals surface area contributed by atoms with Gasteiger partial charge in [-0.05, 0) is 66.0 Å². The van der Waals surface area contributed by atoms with Gasteiger partial charge in [0.25, 0.3) is 0 Å². The molecule has 2 aromatic carbocycles. The van der Waals surface area contributed by atoms with E-state index in [-0.39, 0.29) is 0 Å². The molecule has 0 aliphatic carbocycles. The number of methoxy groups -OCH3 is 1. The average molecular weight is 348 g/mol. The largest absolute Gasteiger partial charge is 0.496 e.